The molecule has 1 aromatic heterocycles. The number of aryl methyl sites for hydroxylation is 1. The van der Waals surface area contributed by atoms with Crippen LogP contribution < -0.4 is 5.32 Å². The fraction of sp³-hybridized carbons (Fsp3) is 0.250. The molecule has 0 amide bonds. The van der Waals surface area contributed by atoms with E-state index in [9.17, 15) is 4.39 Å². The maximum Gasteiger partial charge on any atom is 0.137 e. The first-order valence-corrected chi connectivity index (χ1v) is 6.03. The van der Waals surface area contributed by atoms with Gasteiger partial charge < -0.3 is 5.32 Å². The zero-order valence-electron chi connectivity index (χ0n) is 9.61. The van der Waals surface area contributed by atoms with Crippen LogP contribution in [-0.2, 0) is 7.05 Å². The standard InChI is InChI=1S/C12H13BrFN3/c1-15-12(11-5-6-16-17(11)2)8-3-4-9(13)10(14)7-8/h3-7,12,15H,1-2H3. The lowest BCUT2D eigenvalue weighted by Gasteiger charge is -2.17. The maximum absolute atomic E-state index is 13.5. The molecule has 0 saturated carbocycles. The summed E-state index contributed by atoms with van der Waals surface area (Å²) >= 11 is 3.15. The smallest absolute Gasteiger partial charge is 0.137 e. The summed E-state index contributed by atoms with van der Waals surface area (Å²) in [6, 6.07) is 6.98. The molecule has 0 aliphatic carbocycles. The Bertz CT molecular complexity index is 524. The fourth-order valence-electron chi connectivity index (χ4n) is 1.84. The molecule has 0 bridgehead atoms. The van der Waals surface area contributed by atoms with Crippen LogP contribution >= 0.6 is 15.9 Å². The third-order valence-electron chi connectivity index (χ3n) is 2.72. The van der Waals surface area contributed by atoms with Crippen LogP contribution in [0.3, 0.4) is 0 Å². The average Bonchev–Trinajstić information content (AvgIpc) is 2.71. The Morgan fingerprint density at radius 1 is 1.41 bits per heavy atom. The molecule has 0 aliphatic heterocycles. The number of hydrogen-bond acceptors (Lipinski definition) is 2. The van der Waals surface area contributed by atoms with Crippen LogP contribution in [0.1, 0.15) is 17.3 Å². The van der Waals surface area contributed by atoms with E-state index in [-0.39, 0.29) is 11.9 Å². The van der Waals surface area contributed by atoms with Crippen LogP contribution in [0.2, 0.25) is 0 Å². The van der Waals surface area contributed by atoms with Gasteiger partial charge in [-0.3, -0.25) is 4.68 Å². The van der Waals surface area contributed by atoms with Gasteiger partial charge in [0, 0.05) is 13.2 Å². The van der Waals surface area contributed by atoms with Crippen LogP contribution in [0, 0.1) is 5.82 Å². The second-order valence-electron chi connectivity index (χ2n) is 3.77. The van der Waals surface area contributed by atoms with Crippen molar-refractivity contribution in [2.75, 3.05) is 7.05 Å². The Balaban J connectivity index is 2.42. The Kier molecular flexibility index (Phi) is 3.59. The predicted octanol–water partition coefficient (Wildman–Crippen LogP) is 2.63. The number of aromatic nitrogens is 2. The van der Waals surface area contributed by atoms with Gasteiger partial charge in [0.25, 0.3) is 0 Å². The quantitative estimate of drug-likeness (QED) is 0.944. The summed E-state index contributed by atoms with van der Waals surface area (Å²) in [5.74, 6) is -0.259. The lowest BCUT2D eigenvalue weighted by Crippen LogP contribution is -2.20. The van der Waals surface area contributed by atoms with E-state index in [1.54, 1.807) is 16.9 Å². The first-order valence-electron chi connectivity index (χ1n) is 5.23. The Labute approximate surface area is 108 Å². The van der Waals surface area contributed by atoms with Gasteiger partial charge in [0.05, 0.1) is 16.2 Å². The number of halogens is 2. The van der Waals surface area contributed by atoms with Crippen molar-refractivity contribution in [3.8, 4) is 0 Å². The first kappa shape index (κ1) is 12.3. The minimum atomic E-state index is -0.259. The summed E-state index contributed by atoms with van der Waals surface area (Å²) in [6.07, 6.45) is 1.73. The summed E-state index contributed by atoms with van der Waals surface area (Å²) < 4.78 is 15.8. The minimum Gasteiger partial charge on any atom is -0.308 e. The number of rotatable bonds is 3. The molecule has 5 heteroatoms. The van der Waals surface area contributed by atoms with Gasteiger partial charge in [0.1, 0.15) is 5.82 Å². The third kappa shape index (κ3) is 2.40. The molecular weight excluding hydrogens is 285 g/mol. The van der Waals surface area contributed by atoms with E-state index in [1.165, 1.54) is 6.07 Å². The Hall–Kier alpha value is -1.20. The summed E-state index contributed by atoms with van der Waals surface area (Å²) in [4.78, 5) is 0. The summed E-state index contributed by atoms with van der Waals surface area (Å²) in [5, 5.41) is 7.29. The van der Waals surface area contributed by atoms with E-state index >= 15 is 0 Å². The fourth-order valence-corrected chi connectivity index (χ4v) is 2.09. The second kappa shape index (κ2) is 4.98. The SMILES string of the molecule is CNC(c1ccc(Br)c(F)c1)c1ccnn1C. The number of nitrogens with one attached hydrogen (secondary N) is 1. The van der Waals surface area contributed by atoms with Crippen molar-refractivity contribution >= 4 is 15.9 Å². The third-order valence-corrected chi connectivity index (χ3v) is 3.36. The molecule has 0 aliphatic rings. The summed E-state index contributed by atoms with van der Waals surface area (Å²) in [6.45, 7) is 0. The van der Waals surface area contributed by atoms with E-state index in [2.05, 4.69) is 26.3 Å². The number of nitrogens with zero attached hydrogens (tertiary/aromatic N) is 2. The zero-order chi connectivity index (χ0) is 12.4. The van der Waals surface area contributed by atoms with Crippen molar-refractivity contribution in [1.82, 2.24) is 15.1 Å². The summed E-state index contributed by atoms with van der Waals surface area (Å²) in [5.41, 5.74) is 1.87. The zero-order valence-corrected chi connectivity index (χ0v) is 11.2. The van der Waals surface area contributed by atoms with Crippen molar-refractivity contribution in [3.05, 3.63) is 52.0 Å². The molecule has 17 heavy (non-hydrogen) atoms. The minimum absolute atomic E-state index is 0.0647. The van der Waals surface area contributed by atoms with Crippen molar-refractivity contribution in [2.24, 2.45) is 7.05 Å². The van der Waals surface area contributed by atoms with E-state index in [1.807, 2.05) is 26.2 Å². The topological polar surface area (TPSA) is 29.9 Å². The van der Waals surface area contributed by atoms with Crippen LogP contribution in [0.25, 0.3) is 0 Å². The van der Waals surface area contributed by atoms with Gasteiger partial charge in [-0.25, -0.2) is 4.39 Å². The Morgan fingerprint density at radius 2 is 2.18 bits per heavy atom. The second-order valence-corrected chi connectivity index (χ2v) is 4.63. The molecule has 0 spiro atoms. The predicted molar refractivity (Wildman–Crippen MR) is 68.2 cm³/mol. The molecule has 2 rings (SSSR count). The van der Waals surface area contributed by atoms with E-state index in [0.29, 0.717) is 4.47 Å². The highest BCUT2D eigenvalue weighted by Gasteiger charge is 2.16. The van der Waals surface area contributed by atoms with Crippen LogP contribution in [0.5, 0.6) is 0 Å². The average molecular weight is 298 g/mol. The van der Waals surface area contributed by atoms with Crippen LogP contribution in [0.15, 0.2) is 34.9 Å². The molecule has 1 N–H and O–H groups in total. The highest BCUT2D eigenvalue weighted by Crippen LogP contribution is 2.24. The van der Waals surface area contributed by atoms with Gasteiger partial charge in [0.15, 0.2) is 0 Å². The van der Waals surface area contributed by atoms with Gasteiger partial charge in [-0.1, -0.05) is 6.07 Å². The molecule has 1 aromatic carbocycles. The maximum atomic E-state index is 13.5. The van der Waals surface area contributed by atoms with Crippen molar-refractivity contribution in [2.45, 2.75) is 6.04 Å². The lowest BCUT2D eigenvalue weighted by molar-refractivity contribution is 0.589. The van der Waals surface area contributed by atoms with Gasteiger partial charge in [-0.2, -0.15) is 5.10 Å². The van der Waals surface area contributed by atoms with Crippen molar-refractivity contribution in [1.29, 1.82) is 0 Å². The molecule has 0 saturated heterocycles. The summed E-state index contributed by atoms with van der Waals surface area (Å²) in [7, 11) is 3.71. The highest BCUT2D eigenvalue weighted by atomic mass is 79.9. The van der Waals surface area contributed by atoms with E-state index in [4.69, 9.17) is 0 Å². The molecule has 90 valence electrons. The molecule has 1 heterocycles. The molecule has 1 unspecified atom stereocenters. The Morgan fingerprint density at radius 3 is 2.71 bits per heavy atom. The molecule has 2 aromatic rings. The largest absolute Gasteiger partial charge is 0.308 e. The lowest BCUT2D eigenvalue weighted by atomic mass is 10.0. The van der Waals surface area contributed by atoms with Gasteiger partial charge >= 0.3 is 0 Å². The van der Waals surface area contributed by atoms with Gasteiger partial charge in [-0.05, 0) is 46.7 Å². The molecule has 1 atom stereocenters. The first-order chi connectivity index (χ1) is 8.13. The normalized spacial score (nSPS) is 12.7. The molecule has 3 nitrogen and oxygen atoms in total. The van der Waals surface area contributed by atoms with Crippen molar-refractivity contribution in [3.63, 3.8) is 0 Å². The van der Waals surface area contributed by atoms with Crippen LogP contribution in [-0.4, -0.2) is 16.8 Å². The van der Waals surface area contributed by atoms with E-state index in [0.717, 1.165) is 11.3 Å². The molecular formula is C12H13BrFN3. The van der Waals surface area contributed by atoms with Gasteiger partial charge in [-0.15, -0.1) is 0 Å². The van der Waals surface area contributed by atoms with Crippen LogP contribution in [0.4, 0.5) is 4.39 Å². The number of benzene rings is 1. The van der Waals surface area contributed by atoms with E-state index < -0.39 is 0 Å². The molecule has 0 fully saturated rings. The monoisotopic (exact) mass is 297 g/mol. The van der Waals surface area contributed by atoms with Gasteiger partial charge in [0.2, 0.25) is 0 Å². The van der Waals surface area contributed by atoms with Crippen molar-refractivity contribution < 1.29 is 4.39 Å². The highest BCUT2D eigenvalue weighted by molar-refractivity contribution is 9.10. The number of hydrogen-bond donors (Lipinski definition) is 1. The molecule has 0 radical (unpaired) electrons.